The Morgan fingerprint density at radius 3 is 2.48 bits per heavy atom. The highest BCUT2D eigenvalue weighted by Gasteiger charge is 2.32. The third kappa shape index (κ3) is 4.68. The summed E-state index contributed by atoms with van der Waals surface area (Å²) in [4.78, 5) is 16.9. The van der Waals surface area contributed by atoms with Gasteiger partial charge in [0.15, 0.2) is 0 Å². The van der Waals surface area contributed by atoms with E-state index in [1.165, 1.54) is 39.9 Å². The number of sulfonamides is 1. The normalized spacial score (nSPS) is 20.0. The van der Waals surface area contributed by atoms with Gasteiger partial charge in [-0.3, -0.25) is 15.6 Å². The van der Waals surface area contributed by atoms with Crippen LogP contribution in [0.25, 0.3) is 10.2 Å². The van der Waals surface area contributed by atoms with Crippen molar-refractivity contribution in [3.8, 4) is 0 Å². The van der Waals surface area contributed by atoms with E-state index in [9.17, 15) is 13.2 Å². The Balaban J connectivity index is 1.43. The molecular formula is C20H21ClN4O4S2. The first kappa shape index (κ1) is 22.0. The summed E-state index contributed by atoms with van der Waals surface area (Å²) in [5.74, 6) is -0.414. The van der Waals surface area contributed by atoms with Crippen molar-refractivity contribution in [1.29, 1.82) is 0 Å². The molecule has 2 N–H and O–H groups in total. The van der Waals surface area contributed by atoms with Gasteiger partial charge in [0, 0.05) is 18.7 Å². The van der Waals surface area contributed by atoms with Gasteiger partial charge in [-0.05, 0) is 50.2 Å². The Morgan fingerprint density at radius 1 is 1.16 bits per heavy atom. The number of nitrogens with zero attached hydrogens (tertiary/aromatic N) is 2. The van der Waals surface area contributed by atoms with Crippen molar-refractivity contribution in [2.75, 3.05) is 18.5 Å². The van der Waals surface area contributed by atoms with Crippen LogP contribution in [0.5, 0.6) is 0 Å². The molecular weight excluding hydrogens is 460 g/mol. The number of nitrogens with one attached hydrogen (secondary N) is 2. The number of amides is 1. The zero-order chi connectivity index (χ0) is 22.2. The minimum Gasteiger partial charge on any atom is -0.373 e. The van der Waals surface area contributed by atoms with Crippen molar-refractivity contribution in [1.82, 2.24) is 14.7 Å². The van der Waals surface area contributed by atoms with Gasteiger partial charge >= 0.3 is 0 Å². The molecule has 8 nitrogen and oxygen atoms in total. The van der Waals surface area contributed by atoms with Crippen molar-refractivity contribution in [2.24, 2.45) is 0 Å². The van der Waals surface area contributed by atoms with Gasteiger partial charge in [-0.25, -0.2) is 13.4 Å². The van der Waals surface area contributed by atoms with Crippen LogP contribution in [0.2, 0.25) is 5.02 Å². The number of ether oxygens (including phenoxy) is 1. The molecule has 2 atom stereocenters. The maximum absolute atomic E-state index is 12.9. The number of halogens is 1. The summed E-state index contributed by atoms with van der Waals surface area (Å²) in [6.45, 7) is 4.28. The number of morpholine rings is 1. The van der Waals surface area contributed by atoms with Crippen LogP contribution in [0.3, 0.4) is 0 Å². The first-order chi connectivity index (χ1) is 14.7. The monoisotopic (exact) mass is 480 g/mol. The number of carbonyl (C=O) groups excluding carboxylic acids is 1. The zero-order valence-electron chi connectivity index (χ0n) is 16.8. The Bertz CT molecular complexity index is 1200. The van der Waals surface area contributed by atoms with Crippen LogP contribution in [0.4, 0.5) is 5.13 Å². The van der Waals surface area contributed by atoms with Gasteiger partial charge in [-0.15, -0.1) is 0 Å². The maximum atomic E-state index is 12.9. The highest BCUT2D eigenvalue weighted by molar-refractivity contribution is 7.89. The lowest BCUT2D eigenvalue weighted by atomic mass is 10.2. The first-order valence-corrected chi connectivity index (χ1v) is 12.2. The van der Waals surface area contributed by atoms with Crippen molar-refractivity contribution in [3.05, 3.63) is 53.1 Å². The molecule has 2 unspecified atom stereocenters. The average molecular weight is 481 g/mol. The Kier molecular flexibility index (Phi) is 6.18. The SMILES string of the molecule is CC1CN(S(=O)(=O)c2ccc(C(=O)NNc3nc4c(Cl)cccc4s3)cc2)CC(C)O1. The van der Waals surface area contributed by atoms with Crippen molar-refractivity contribution in [2.45, 2.75) is 31.0 Å². The Morgan fingerprint density at radius 2 is 1.84 bits per heavy atom. The third-order valence-corrected chi connectivity index (χ3v) is 7.88. The van der Waals surface area contributed by atoms with Gasteiger partial charge in [0.1, 0.15) is 5.52 Å². The minimum absolute atomic E-state index is 0.138. The van der Waals surface area contributed by atoms with Crippen molar-refractivity contribution < 1.29 is 17.9 Å². The van der Waals surface area contributed by atoms with Crippen LogP contribution in [0.1, 0.15) is 24.2 Å². The number of para-hydroxylation sites is 1. The fraction of sp³-hybridized carbons (Fsp3) is 0.300. The molecule has 1 saturated heterocycles. The van der Waals surface area contributed by atoms with Gasteiger partial charge < -0.3 is 4.74 Å². The number of hydrogen-bond acceptors (Lipinski definition) is 7. The van der Waals surface area contributed by atoms with Gasteiger partial charge in [0.25, 0.3) is 5.91 Å². The average Bonchev–Trinajstić information content (AvgIpc) is 3.16. The van der Waals surface area contributed by atoms with Gasteiger partial charge in [0.05, 0.1) is 26.8 Å². The van der Waals surface area contributed by atoms with E-state index in [2.05, 4.69) is 15.8 Å². The predicted octanol–water partition coefficient (Wildman–Crippen LogP) is 3.50. The smallest absolute Gasteiger partial charge is 0.269 e. The molecule has 1 aliphatic heterocycles. The minimum atomic E-state index is -3.66. The number of fused-ring (bicyclic) bond motifs is 1. The zero-order valence-corrected chi connectivity index (χ0v) is 19.2. The lowest BCUT2D eigenvalue weighted by Crippen LogP contribution is -2.48. The molecule has 3 aromatic rings. The molecule has 1 amide bonds. The standard InChI is InChI=1S/C20H21ClN4O4S2/c1-12-10-25(11-13(2)29-12)31(27,28)15-8-6-14(7-9-15)19(26)23-24-20-22-18-16(21)4-3-5-17(18)30-20/h3-9,12-13H,10-11H2,1-2H3,(H,22,24)(H,23,26). The number of thiazole rings is 1. The summed E-state index contributed by atoms with van der Waals surface area (Å²) >= 11 is 7.48. The summed E-state index contributed by atoms with van der Waals surface area (Å²) in [5.41, 5.74) is 6.32. The van der Waals surface area contributed by atoms with Crippen LogP contribution in [0, 0.1) is 0 Å². The Labute approximate surface area is 189 Å². The molecule has 11 heteroatoms. The lowest BCUT2D eigenvalue weighted by Gasteiger charge is -2.34. The summed E-state index contributed by atoms with van der Waals surface area (Å²) in [6.07, 6.45) is -0.348. The molecule has 1 fully saturated rings. The molecule has 1 aromatic heterocycles. The number of carbonyl (C=O) groups is 1. The van der Waals surface area contributed by atoms with Crippen molar-refractivity contribution in [3.63, 3.8) is 0 Å². The lowest BCUT2D eigenvalue weighted by molar-refractivity contribution is -0.0440. The van der Waals surface area contributed by atoms with Crippen LogP contribution >= 0.6 is 22.9 Å². The van der Waals surface area contributed by atoms with Crippen LogP contribution in [-0.4, -0.2) is 48.9 Å². The van der Waals surface area contributed by atoms with E-state index in [1.54, 1.807) is 6.07 Å². The third-order valence-electron chi connectivity index (χ3n) is 4.79. The van der Waals surface area contributed by atoms with E-state index in [4.69, 9.17) is 16.3 Å². The molecule has 0 spiro atoms. The quantitative estimate of drug-likeness (QED) is 0.542. The molecule has 1 aliphatic rings. The van der Waals surface area contributed by atoms with E-state index in [1.807, 2.05) is 26.0 Å². The van der Waals surface area contributed by atoms with Crippen LogP contribution in [-0.2, 0) is 14.8 Å². The predicted molar refractivity (Wildman–Crippen MR) is 121 cm³/mol. The van der Waals surface area contributed by atoms with Crippen LogP contribution in [0.15, 0.2) is 47.4 Å². The van der Waals surface area contributed by atoms with Crippen LogP contribution < -0.4 is 10.9 Å². The molecule has 164 valence electrons. The second-order valence-electron chi connectivity index (χ2n) is 7.29. The van der Waals surface area contributed by atoms with E-state index < -0.39 is 15.9 Å². The summed E-state index contributed by atoms with van der Waals surface area (Å²) in [6, 6.07) is 11.3. The van der Waals surface area contributed by atoms with E-state index in [0.717, 1.165) is 4.70 Å². The molecule has 4 rings (SSSR count). The highest BCUT2D eigenvalue weighted by Crippen LogP contribution is 2.30. The molecule has 2 aromatic carbocycles. The summed E-state index contributed by atoms with van der Waals surface area (Å²) in [7, 11) is -3.66. The van der Waals surface area contributed by atoms with E-state index in [0.29, 0.717) is 34.3 Å². The van der Waals surface area contributed by atoms with Gasteiger partial charge in [-0.2, -0.15) is 4.31 Å². The number of hydrogen-bond donors (Lipinski definition) is 2. The molecule has 0 saturated carbocycles. The second kappa shape index (κ2) is 8.71. The fourth-order valence-corrected chi connectivity index (χ4v) is 6.11. The maximum Gasteiger partial charge on any atom is 0.269 e. The van der Waals surface area contributed by atoms with Gasteiger partial charge in [0.2, 0.25) is 15.2 Å². The molecule has 31 heavy (non-hydrogen) atoms. The topological polar surface area (TPSA) is 101 Å². The largest absolute Gasteiger partial charge is 0.373 e. The number of rotatable bonds is 5. The fourth-order valence-electron chi connectivity index (χ4n) is 3.41. The molecule has 0 aliphatic carbocycles. The first-order valence-electron chi connectivity index (χ1n) is 9.61. The van der Waals surface area contributed by atoms with Crippen molar-refractivity contribution >= 4 is 54.2 Å². The number of benzene rings is 2. The van der Waals surface area contributed by atoms with Gasteiger partial charge in [-0.1, -0.05) is 29.0 Å². The number of anilines is 1. The number of hydrazine groups is 1. The summed E-state index contributed by atoms with van der Waals surface area (Å²) in [5, 5.41) is 1.03. The molecule has 0 bridgehead atoms. The highest BCUT2D eigenvalue weighted by atomic mass is 35.5. The molecule has 2 heterocycles. The van der Waals surface area contributed by atoms with E-state index >= 15 is 0 Å². The second-order valence-corrected chi connectivity index (χ2v) is 10.7. The summed E-state index contributed by atoms with van der Waals surface area (Å²) < 4.78 is 33.8. The van der Waals surface area contributed by atoms with E-state index in [-0.39, 0.29) is 17.1 Å². The number of aromatic nitrogens is 1. The Hall–Kier alpha value is -2.24. The molecule has 0 radical (unpaired) electrons.